The molecule has 1 aromatic heterocycles. The van der Waals surface area contributed by atoms with Gasteiger partial charge in [0.15, 0.2) is 0 Å². The minimum absolute atomic E-state index is 0.162. The van der Waals surface area contributed by atoms with Crippen LogP contribution in [0.1, 0.15) is 37.9 Å². The fourth-order valence-corrected chi connectivity index (χ4v) is 1.82. The van der Waals surface area contributed by atoms with Crippen LogP contribution in [-0.4, -0.2) is 27.0 Å². The van der Waals surface area contributed by atoms with E-state index in [1.54, 1.807) is 13.8 Å². The minimum Gasteiger partial charge on any atom is -0.478 e. The van der Waals surface area contributed by atoms with Crippen LogP contribution in [0.15, 0.2) is 24.3 Å². The molecule has 6 nitrogen and oxygen atoms in total. The number of nitrogens with zero attached hydrogens (tertiary/aromatic N) is 2. The third kappa shape index (κ3) is 3.22. The van der Waals surface area contributed by atoms with Gasteiger partial charge in [0.05, 0.1) is 22.6 Å². The van der Waals surface area contributed by atoms with Gasteiger partial charge in [-0.15, -0.1) is 0 Å². The monoisotopic (exact) mass is 285 g/mol. The summed E-state index contributed by atoms with van der Waals surface area (Å²) in [5, 5.41) is 11.5. The highest BCUT2D eigenvalue weighted by Gasteiger charge is 2.14. The zero-order valence-corrected chi connectivity index (χ0v) is 12.0. The van der Waals surface area contributed by atoms with Crippen LogP contribution in [0.25, 0.3) is 0 Å². The predicted octanol–water partition coefficient (Wildman–Crippen LogP) is 2.35. The number of aromatic nitrogens is 2. The minimum atomic E-state index is -1.01. The number of nitrogens with one attached hydrogen (secondary N) is 1. The Kier molecular flexibility index (Phi) is 3.98. The number of benzene rings is 1. The fraction of sp³-hybridized carbons (Fsp3) is 0.200. The molecule has 1 amide bonds. The van der Waals surface area contributed by atoms with Crippen molar-refractivity contribution in [1.29, 1.82) is 0 Å². The van der Waals surface area contributed by atoms with E-state index in [1.165, 1.54) is 24.3 Å². The van der Waals surface area contributed by atoms with Crippen LogP contribution < -0.4 is 5.32 Å². The van der Waals surface area contributed by atoms with Gasteiger partial charge in [-0.1, -0.05) is 0 Å². The van der Waals surface area contributed by atoms with E-state index in [9.17, 15) is 9.59 Å². The molecule has 1 heterocycles. The third-order valence-corrected chi connectivity index (χ3v) is 3.09. The van der Waals surface area contributed by atoms with E-state index < -0.39 is 5.97 Å². The number of hydrogen-bond acceptors (Lipinski definition) is 4. The molecule has 0 saturated carbocycles. The third-order valence-electron chi connectivity index (χ3n) is 3.09. The maximum absolute atomic E-state index is 12.2. The number of carboxylic acid groups (broad SMARTS) is 1. The normalized spacial score (nSPS) is 10.2. The molecule has 0 unspecified atom stereocenters. The van der Waals surface area contributed by atoms with Crippen LogP contribution in [0.5, 0.6) is 0 Å². The highest BCUT2D eigenvalue weighted by Crippen LogP contribution is 2.13. The van der Waals surface area contributed by atoms with E-state index in [1.807, 2.05) is 6.92 Å². The molecule has 0 aliphatic heterocycles. The largest absolute Gasteiger partial charge is 0.478 e. The van der Waals surface area contributed by atoms with Gasteiger partial charge in [-0.05, 0) is 45.0 Å². The molecule has 108 valence electrons. The van der Waals surface area contributed by atoms with Crippen LogP contribution in [-0.2, 0) is 0 Å². The van der Waals surface area contributed by atoms with Crippen molar-refractivity contribution in [2.24, 2.45) is 0 Å². The molecule has 2 rings (SSSR count). The number of anilines is 1. The molecule has 0 aliphatic carbocycles. The summed E-state index contributed by atoms with van der Waals surface area (Å²) < 4.78 is 0. The number of aryl methyl sites for hydroxylation is 3. The standard InChI is InChI=1S/C15H15N3O3/c1-8-9(2)17-13(10(3)16-8)14(19)18-12-6-4-11(5-7-12)15(20)21/h4-7H,1-3H3,(H,18,19)(H,20,21). The summed E-state index contributed by atoms with van der Waals surface area (Å²) in [7, 11) is 0. The lowest BCUT2D eigenvalue weighted by Gasteiger charge is -2.09. The predicted molar refractivity (Wildman–Crippen MR) is 77.6 cm³/mol. The van der Waals surface area contributed by atoms with Gasteiger partial charge in [0.25, 0.3) is 5.91 Å². The summed E-state index contributed by atoms with van der Waals surface area (Å²) in [5.41, 5.74) is 2.97. The Morgan fingerprint density at radius 1 is 0.952 bits per heavy atom. The van der Waals surface area contributed by atoms with E-state index in [0.29, 0.717) is 17.1 Å². The van der Waals surface area contributed by atoms with Gasteiger partial charge >= 0.3 is 5.97 Å². The van der Waals surface area contributed by atoms with Crippen molar-refractivity contribution in [1.82, 2.24) is 9.97 Å². The molecule has 6 heteroatoms. The second kappa shape index (κ2) is 5.70. The fourth-order valence-electron chi connectivity index (χ4n) is 1.82. The molecule has 0 atom stereocenters. The van der Waals surface area contributed by atoms with Gasteiger partial charge in [-0.25, -0.2) is 9.78 Å². The van der Waals surface area contributed by atoms with Crippen molar-refractivity contribution in [3.63, 3.8) is 0 Å². The van der Waals surface area contributed by atoms with Gasteiger partial charge in [0.2, 0.25) is 0 Å². The Labute approximate surface area is 121 Å². The number of carbonyl (C=O) groups is 2. The molecule has 2 aromatic rings. The Morgan fingerprint density at radius 2 is 1.52 bits per heavy atom. The maximum Gasteiger partial charge on any atom is 0.335 e. The average molecular weight is 285 g/mol. The summed E-state index contributed by atoms with van der Waals surface area (Å²) in [6.07, 6.45) is 0. The maximum atomic E-state index is 12.2. The SMILES string of the molecule is Cc1nc(C)c(C(=O)Nc2ccc(C(=O)O)cc2)nc1C. The number of aromatic carboxylic acids is 1. The first-order valence-corrected chi connectivity index (χ1v) is 6.35. The smallest absolute Gasteiger partial charge is 0.335 e. The van der Waals surface area contributed by atoms with Crippen molar-refractivity contribution < 1.29 is 14.7 Å². The second-order valence-corrected chi connectivity index (χ2v) is 4.67. The molecule has 0 saturated heterocycles. The van der Waals surface area contributed by atoms with Crippen molar-refractivity contribution in [3.05, 3.63) is 52.6 Å². The molecule has 21 heavy (non-hydrogen) atoms. The van der Waals surface area contributed by atoms with E-state index in [0.717, 1.165) is 5.69 Å². The highest BCUT2D eigenvalue weighted by atomic mass is 16.4. The zero-order valence-electron chi connectivity index (χ0n) is 12.0. The first-order valence-electron chi connectivity index (χ1n) is 6.35. The van der Waals surface area contributed by atoms with E-state index in [-0.39, 0.29) is 17.2 Å². The van der Waals surface area contributed by atoms with E-state index in [2.05, 4.69) is 15.3 Å². The van der Waals surface area contributed by atoms with Crippen molar-refractivity contribution in [3.8, 4) is 0 Å². The van der Waals surface area contributed by atoms with Crippen LogP contribution in [0.2, 0.25) is 0 Å². The molecule has 1 aromatic carbocycles. The summed E-state index contributed by atoms with van der Waals surface area (Å²) in [6.45, 7) is 5.35. The van der Waals surface area contributed by atoms with Crippen LogP contribution in [0, 0.1) is 20.8 Å². The van der Waals surface area contributed by atoms with Crippen molar-refractivity contribution >= 4 is 17.6 Å². The average Bonchev–Trinajstić information content (AvgIpc) is 2.43. The van der Waals surface area contributed by atoms with Gasteiger partial charge < -0.3 is 10.4 Å². The van der Waals surface area contributed by atoms with Crippen LogP contribution in [0.4, 0.5) is 5.69 Å². The van der Waals surface area contributed by atoms with Gasteiger partial charge in [-0.3, -0.25) is 9.78 Å². The first-order chi connectivity index (χ1) is 9.88. The molecular weight excluding hydrogens is 270 g/mol. The Bertz CT molecular complexity index is 709. The summed E-state index contributed by atoms with van der Waals surface area (Å²) in [4.78, 5) is 31.5. The lowest BCUT2D eigenvalue weighted by atomic mass is 10.2. The molecule has 0 bridgehead atoms. The molecule has 2 N–H and O–H groups in total. The first kappa shape index (κ1) is 14.6. The van der Waals surface area contributed by atoms with E-state index in [4.69, 9.17) is 5.11 Å². The van der Waals surface area contributed by atoms with Crippen molar-refractivity contribution in [2.75, 3.05) is 5.32 Å². The lowest BCUT2D eigenvalue weighted by molar-refractivity contribution is 0.0696. The Balaban J connectivity index is 2.22. The number of carbonyl (C=O) groups excluding carboxylic acids is 1. The van der Waals surface area contributed by atoms with Crippen LogP contribution in [0.3, 0.4) is 0 Å². The summed E-state index contributed by atoms with van der Waals surface area (Å²) in [5.74, 6) is -1.38. The summed E-state index contributed by atoms with van der Waals surface area (Å²) >= 11 is 0. The van der Waals surface area contributed by atoms with Crippen molar-refractivity contribution in [2.45, 2.75) is 20.8 Å². The van der Waals surface area contributed by atoms with Crippen LogP contribution >= 0.6 is 0 Å². The number of carboxylic acids is 1. The zero-order chi connectivity index (χ0) is 15.6. The van der Waals surface area contributed by atoms with Gasteiger partial charge in [-0.2, -0.15) is 0 Å². The summed E-state index contributed by atoms with van der Waals surface area (Å²) in [6, 6.07) is 5.92. The second-order valence-electron chi connectivity index (χ2n) is 4.67. The molecule has 0 aliphatic rings. The molecule has 0 spiro atoms. The molecule has 0 fully saturated rings. The van der Waals surface area contributed by atoms with Gasteiger partial charge in [0.1, 0.15) is 5.69 Å². The molecular formula is C15H15N3O3. The lowest BCUT2D eigenvalue weighted by Crippen LogP contribution is -2.17. The number of amides is 1. The number of hydrogen-bond donors (Lipinski definition) is 2. The molecule has 0 radical (unpaired) electrons. The quantitative estimate of drug-likeness (QED) is 0.903. The Hall–Kier alpha value is -2.76. The Morgan fingerprint density at radius 3 is 2.10 bits per heavy atom. The topological polar surface area (TPSA) is 92.2 Å². The van der Waals surface area contributed by atoms with E-state index >= 15 is 0 Å². The van der Waals surface area contributed by atoms with Gasteiger partial charge in [0, 0.05) is 5.69 Å². The number of rotatable bonds is 3. The highest BCUT2D eigenvalue weighted by molar-refractivity contribution is 6.03.